The van der Waals surface area contributed by atoms with Gasteiger partial charge in [0.1, 0.15) is 0 Å². The molecular weight excluding hydrogens is 126 g/mol. The van der Waals surface area contributed by atoms with Crippen LogP contribution >= 0.6 is 0 Å². The van der Waals surface area contributed by atoms with E-state index >= 15 is 0 Å². The van der Waals surface area contributed by atoms with Crippen molar-refractivity contribution in [1.29, 1.82) is 0 Å². The largest absolute Gasteiger partial charge is 0.395 e. The second-order valence-corrected chi connectivity index (χ2v) is 3.37. The van der Waals surface area contributed by atoms with Crippen LogP contribution in [-0.2, 0) is 0 Å². The lowest BCUT2D eigenvalue weighted by Gasteiger charge is -2.24. The van der Waals surface area contributed by atoms with E-state index in [1.54, 1.807) is 0 Å². The zero-order valence-corrected chi connectivity index (χ0v) is 7.46. The molecule has 0 unspecified atom stereocenters. The first-order valence-corrected chi connectivity index (χ1v) is 3.89. The molecule has 0 aromatic heterocycles. The van der Waals surface area contributed by atoms with Crippen LogP contribution in [0.5, 0.6) is 0 Å². The van der Waals surface area contributed by atoms with Gasteiger partial charge in [-0.05, 0) is 19.9 Å². The van der Waals surface area contributed by atoms with Gasteiger partial charge in [-0.25, -0.2) is 0 Å². The summed E-state index contributed by atoms with van der Waals surface area (Å²) >= 11 is 0. The molecule has 1 atom stereocenters. The van der Waals surface area contributed by atoms with Gasteiger partial charge in [-0.1, -0.05) is 13.8 Å². The summed E-state index contributed by atoms with van der Waals surface area (Å²) in [5.74, 6) is 0.680. The first-order chi connectivity index (χ1) is 4.57. The van der Waals surface area contributed by atoms with Gasteiger partial charge in [0.05, 0.1) is 6.61 Å². The van der Waals surface area contributed by atoms with Gasteiger partial charge < -0.3 is 10.0 Å². The fraction of sp³-hybridized carbons (Fsp3) is 1.00. The van der Waals surface area contributed by atoms with E-state index in [-0.39, 0.29) is 6.61 Å². The number of rotatable bonds is 4. The molecule has 0 aliphatic heterocycles. The summed E-state index contributed by atoms with van der Waals surface area (Å²) in [6.07, 6.45) is 0. The van der Waals surface area contributed by atoms with Crippen molar-refractivity contribution in [2.24, 2.45) is 5.92 Å². The SMILES string of the molecule is CC(C)CN(C)[C@@H](C)CO. The predicted octanol–water partition coefficient (Wildman–Crippen LogP) is 0.955. The van der Waals surface area contributed by atoms with Crippen molar-refractivity contribution in [3.8, 4) is 0 Å². The standard InChI is InChI=1S/C8H19NO/c1-7(2)5-9(4)8(3)6-10/h7-8,10H,5-6H2,1-4H3/t8-/m0/s1. The van der Waals surface area contributed by atoms with Crippen LogP contribution in [0.1, 0.15) is 20.8 Å². The normalized spacial score (nSPS) is 14.7. The molecule has 2 nitrogen and oxygen atoms in total. The lowest BCUT2D eigenvalue weighted by molar-refractivity contribution is 0.148. The van der Waals surface area contributed by atoms with Gasteiger partial charge in [0, 0.05) is 12.6 Å². The van der Waals surface area contributed by atoms with Crippen molar-refractivity contribution in [2.75, 3.05) is 20.2 Å². The highest BCUT2D eigenvalue weighted by Gasteiger charge is 2.07. The van der Waals surface area contributed by atoms with Gasteiger partial charge in [-0.15, -0.1) is 0 Å². The monoisotopic (exact) mass is 145 g/mol. The van der Waals surface area contributed by atoms with Crippen molar-refractivity contribution in [3.05, 3.63) is 0 Å². The molecule has 1 N–H and O–H groups in total. The summed E-state index contributed by atoms with van der Waals surface area (Å²) in [4.78, 5) is 2.17. The van der Waals surface area contributed by atoms with Crippen molar-refractivity contribution in [2.45, 2.75) is 26.8 Å². The summed E-state index contributed by atoms with van der Waals surface area (Å²) in [7, 11) is 2.04. The molecular formula is C8H19NO. The van der Waals surface area contributed by atoms with Gasteiger partial charge in [-0.2, -0.15) is 0 Å². The summed E-state index contributed by atoms with van der Waals surface area (Å²) < 4.78 is 0. The molecule has 0 saturated heterocycles. The number of aliphatic hydroxyl groups excluding tert-OH is 1. The summed E-state index contributed by atoms with van der Waals surface area (Å²) in [6.45, 7) is 7.70. The maximum absolute atomic E-state index is 8.78. The molecule has 0 heterocycles. The molecule has 0 fully saturated rings. The summed E-state index contributed by atoms with van der Waals surface area (Å²) in [6, 6.07) is 0.294. The average Bonchev–Trinajstić information content (AvgIpc) is 1.85. The third-order valence-corrected chi connectivity index (χ3v) is 1.67. The van der Waals surface area contributed by atoms with E-state index in [1.165, 1.54) is 0 Å². The highest BCUT2D eigenvalue weighted by Crippen LogP contribution is 1.99. The van der Waals surface area contributed by atoms with Crippen LogP contribution in [0.25, 0.3) is 0 Å². The number of hydrogen-bond acceptors (Lipinski definition) is 2. The third-order valence-electron chi connectivity index (χ3n) is 1.67. The molecule has 0 aromatic carbocycles. The highest BCUT2D eigenvalue weighted by atomic mass is 16.3. The molecule has 0 spiro atoms. The Morgan fingerprint density at radius 3 is 2.10 bits per heavy atom. The quantitative estimate of drug-likeness (QED) is 0.637. The molecule has 0 aliphatic carbocycles. The maximum atomic E-state index is 8.78. The molecule has 0 aliphatic rings. The highest BCUT2D eigenvalue weighted by molar-refractivity contribution is 4.62. The van der Waals surface area contributed by atoms with E-state index in [0.29, 0.717) is 12.0 Å². The second kappa shape index (κ2) is 4.69. The Morgan fingerprint density at radius 1 is 1.30 bits per heavy atom. The Hall–Kier alpha value is -0.0800. The minimum absolute atomic E-state index is 0.253. The Bertz CT molecular complexity index is 83.3. The fourth-order valence-corrected chi connectivity index (χ4v) is 0.895. The molecule has 10 heavy (non-hydrogen) atoms. The van der Waals surface area contributed by atoms with Crippen molar-refractivity contribution in [1.82, 2.24) is 4.90 Å². The molecule has 0 saturated carbocycles. The number of hydrogen-bond donors (Lipinski definition) is 1. The molecule has 2 heteroatoms. The Balaban J connectivity index is 3.50. The Labute approximate surface area is 63.8 Å². The number of aliphatic hydroxyl groups is 1. The van der Waals surface area contributed by atoms with Crippen LogP contribution in [0.4, 0.5) is 0 Å². The van der Waals surface area contributed by atoms with Gasteiger partial charge >= 0.3 is 0 Å². The fourth-order valence-electron chi connectivity index (χ4n) is 0.895. The van der Waals surface area contributed by atoms with Crippen LogP contribution in [0.2, 0.25) is 0 Å². The number of nitrogens with zero attached hydrogens (tertiary/aromatic N) is 1. The molecule has 0 radical (unpaired) electrons. The second-order valence-electron chi connectivity index (χ2n) is 3.37. The lowest BCUT2D eigenvalue weighted by atomic mass is 10.2. The van der Waals surface area contributed by atoms with E-state index in [9.17, 15) is 0 Å². The molecule has 62 valence electrons. The van der Waals surface area contributed by atoms with Gasteiger partial charge in [0.25, 0.3) is 0 Å². The van der Waals surface area contributed by atoms with E-state index in [4.69, 9.17) is 5.11 Å². The van der Waals surface area contributed by atoms with E-state index in [1.807, 2.05) is 14.0 Å². The zero-order valence-electron chi connectivity index (χ0n) is 7.46. The van der Waals surface area contributed by atoms with Crippen molar-refractivity contribution in [3.63, 3.8) is 0 Å². The first kappa shape index (κ1) is 9.92. The van der Waals surface area contributed by atoms with Crippen molar-refractivity contribution >= 4 is 0 Å². The topological polar surface area (TPSA) is 23.5 Å². The van der Waals surface area contributed by atoms with E-state index in [0.717, 1.165) is 6.54 Å². The zero-order chi connectivity index (χ0) is 8.15. The summed E-state index contributed by atoms with van der Waals surface area (Å²) in [5.41, 5.74) is 0. The molecule has 0 aromatic rings. The molecule has 0 amide bonds. The average molecular weight is 145 g/mol. The smallest absolute Gasteiger partial charge is 0.0584 e. The maximum Gasteiger partial charge on any atom is 0.0584 e. The van der Waals surface area contributed by atoms with Crippen molar-refractivity contribution < 1.29 is 5.11 Å². The molecule has 0 bridgehead atoms. The van der Waals surface area contributed by atoms with Crippen LogP contribution in [0.15, 0.2) is 0 Å². The van der Waals surface area contributed by atoms with Gasteiger partial charge in [0.2, 0.25) is 0 Å². The first-order valence-electron chi connectivity index (χ1n) is 3.89. The Kier molecular flexibility index (Phi) is 4.65. The van der Waals surface area contributed by atoms with Gasteiger partial charge in [0.15, 0.2) is 0 Å². The lowest BCUT2D eigenvalue weighted by Crippen LogP contribution is -2.34. The van der Waals surface area contributed by atoms with Crippen LogP contribution in [0.3, 0.4) is 0 Å². The van der Waals surface area contributed by atoms with Crippen LogP contribution in [-0.4, -0.2) is 36.2 Å². The van der Waals surface area contributed by atoms with Crippen LogP contribution < -0.4 is 0 Å². The minimum atomic E-state index is 0.253. The number of likely N-dealkylation sites (N-methyl/N-ethyl adjacent to an activating group) is 1. The van der Waals surface area contributed by atoms with Crippen LogP contribution in [0, 0.1) is 5.92 Å². The predicted molar refractivity (Wildman–Crippen MR) is 44.0 cm³/mol. The van der Waals surface area contributed by atoms with E-state index in [2.05, 4.69) is 18.7 Å². The summed E-state index contributed by atoms with van der Waals surface area (Å²) in [5, 5.41) is 8.78. The molecule has 0 rings (SSSR count). The minimum Gasteiger partial charge on any atom is -0.395 e. The third kappa shape index (κ3) is 3.85. The Morgan fingerprint density at radius 2 is 1.80 bits per heavy atom. The van der Waals surface area contributed by atoms with Gasteiger partial charge in [-0.3, -0.25) is 0 Å². The van der Waals surface area contributed by atoms with E-state index < -0.39 is 0 Å².